The molecule has 1 aliphatic heterocycles. The van der Waals surface area contributed by atoms with Crippen molar-refractivity contribution in [2.75, 3.05) is 13.2 Å². The van der Waals surface area contributed by atoms with Crippen molar-refractivity contribution >= 4 is 5.91 Å². The third kappa shape index (κ3) is 3.86. The van der Waals surface area contributed by atoms with Crippen LogP contribution >= 0.6 is 0 Å². The molecule has 0 bridgehead atoms. The minimum absolute atomic E-state index is 0.0204. The molecule has 1 fully saturated rings. The van der Waals surface area contributed by atoms with Crippen LogP contribution in [0.4, 0.5) is 13.2 Å². The Morgan fingerprint density at radius 2 is 2.00 bits per heavy atom. The Morgan fingerprint density at radius 3 is 2.57 bits per heavy atom. The SMILES string of the molecule is CCC(C)NC(=O)C1(c2cccc(C(F)(F)F)c2)CCOCC1. The van der Waals surface area contributed by atoms with Gasteiger partial charge in [-0.1, -0.05) is 25.1 Å². The summed E-state index contributed by atoms with van der Waals surface area (Å²) in [5.41, 5.74) is -1.27. The molecular weight excluding hydrogens is 307 g/mol. The number of hydrogen-bond acceptors (Lipinski definition) is 2. The molecule has 3 nitrogen and oxygen atoms in total. The van der Waals surface area contributed by atoms with Crippen LogP contribution in [0.15, 0.2) is 24.3 Å². The summed E-state index contributed by atoms with van der Waals surface area (Å²) in [6.07, 6.45) is -2.89. The van der Waals surface area contributed by atoms with E-state index in [1.165, 1.54) is 6.07 Å². The second-order valence-corrected chi connectivity index (χ2v) is 6.06. The highest BCUT2D eigenvalue weighted by Gasteiger charge is 2.43. The summed E-state index contributed by atoms with van der Waals surface area (Å²) in [7, 11) is 0. The highest BCUT2D eigenvalue weighted by Crippen LogP contribution is 2.38. The van der Waals surface area contributed by atoms with Gasteiger partial charge < -0.3 is 10.1 Å². The predicted octanol–water partition coefficient (Wildman–Crippen LogP) is 3.67. The van der Waals surface area contributed by atoms with Crippen LogP contribution in [-0.2, 0) is 21.1 Å². The lowest BCUT2D eigenvalue weighted by molar-refractivity contribution is -0.138. The van der Waals surface area contributed by atoms with Crippen molar-refractivity contribution in [3.8, 4) is 0 Å². The predicted molar refractivity (Wildman–Crippen MR) is 81.1 cm³/mol. The second-order valence-electron chi connectivity index (χ2n) is 6.06. The van der Waals surface area contributed by atoms with E-state index >= 15 is 0 Å². The maximum Gasteiger partial charge on any atom is 0.416 e. The molecule has 1 saturated heterocycles. The van der Waals surface area contributed by atoms with Crippen molar-refractivity contribution in [3.05, 3.63) is 35.4 Å². The van der Waals surface area contributed by atoms with E-state index in [9.17, 15) is 18.0 Å². The number of halogens is 3. The monoisotopic (exact) mass is 329 g/mol. The van der Waals surface area contributed by atoms with Crippen LogP contribution in [0.5, 0.6) is 0 Å². The van der Waals surface area contributed by atoms with E-state index in [1.54, 1.807) is 6.07 Å². The molecule has 0 aromatic heterocycles. The van der Waals surface area contributed by atoms with Gasteiger partial charge in [0.05, 0.1) is 11.0 Å². The Morgan fingerprint density at radius 1 is 1.35 bits per heavy atom. The third-order valence-corrected chi connectivity index (χ3v) is 4.51. The van der Waals surface area contributed by atoms with Crippen LogP contribution in [-0.4, -0.2) is 25.2 Å². The Bertz CT molecular complexity index is 551. The van der Waals surface area contributed by atoms with Crippen molar-refractivity contribution in [2.45, 2.75) is 50.7 Å². The number of rotatable bonds is 4. The Balaban J connectivity index is 2.40. The third-order valence-electron chi connectivity index (χ3n) is 4.51. The van der Waals surface area contributed by atoms with Crippen LogP contribution in [0.1, 0.15) is 44.2 Å². The van der Waals surface area contributed by atoms with E-state index in [2.05, 4.69) is 5.32 Å². The number of amides is 1. The van der Waals surface area contributed by atoms with E-state index < -0.39 is 17.2 Å². The largest absolute Gasteiger partial charge is 0.416 e. The number of alkyl halides is 3. The van der Waals surface area contributed by atoms with Gasteiger partial charge in [-0.25, -0.2) is 0 Å². The topological polar surface area (TPSA) is 38.3 Å². The van der Waals surface area contributed by atoms with Crippen molar-refractivity contribution in [1.82, 2.24) is 5.32 Å². The maximum atomic E-state index is 13.0. The molecule has 0 spiro atoms. The number of carbonyl (C=O) groups excluding carboxylic acids is 1. The molecule has 0 aliphatic carbocycles. The van der Waals surface area contributed by atoms with Gasteiger partial charge >= 0.3 is 6.18 Å². The minimum Gasteiger partial charge on any atom is -0.381 e. The molecule has 1 unspecified atom stereocenters. The first-order chi connectivity index (χ1) is 10.8. The average Bonchev–Trinajstić information content (AvgIpc) is 2.54. The van der Waals surface area contributed by atoms with E-state index in [-0.39, 0.29) is 11.9 Å². The molecular formula is C17H22F3NO2. The van der Waals surface area contributed by atoms with Crippen LogP contribution in [0, 0.1) is 0 Å². The van der Waals surface area contributed by atoms with Gasteiger partial charge in [0.2, 0.25) is 5.91 Å². The Labute approximate surface area is 134 Å². The van der Waals surface area contributed by atoms with Crippen molar-refractivity contribution < 1.29 is 22.7 Å². The summed E-state index contributed by atoms with van der Waals surface area (Å²) in [6.45, 7) is 4.57. The molecule has 1 N–H and O–H groups in total. The number of hydrogen-bond donors (Lipinski definition) is 1. The fraction of sp³-hybridized carbons (Fsp3) is 0.588. The molecule has 2 rings (SSSR count). The quantitative estimate of drug-likeness (QED) is 0.915. The molecule has 6 heteroatoms. The van der Waals surface area contributed by atoms with Crippen LogP contribution < -0.4 is 5.32 Å². The van der Waals surface area contributed by atoms with Gasteiger partial charge in [0.1, 0.15) is 0 Å². The lowest BCUT2D eigenvalue weighted by Gasteiger charge is -2.37. The fourth-order valence-corrected chi connectivity index (χ4v) is 2.82. The maximum absolute atomic E-state index is 13.0. The zero-order valence-corrected chi connectivity index (χ0v) is 13.4. The number of benzene rings is 1. The van der Waals surface area contributed by atoms with E-state index in [4.69, 9.17) is 4.74 Å². The van der Waals surface area contributed by atoms with Gasteiger partial charge in [0, 0.05) is 19.3 Å². The summed E-state index contributed by atoms with van der Waals surface area (Å²) in [4.78, 5) is 12.8. The number of carbonyl (C=O) groups is 1. The Hall–Kier alpha value is -1.56. The zero-order chi connectivity index (χ0) is 17.1. The molecule has 23 heavy (non-hydrogen) atoms. The van der Waals surface area contributed by atoms with Gasteiger partial charge in [-0.3, -0.25) is 4.79 Å². The normalized spacial score (nSPS) is 19.2. The molecule has 1 aliphatic rings. The molecule has 1 atom stereocenters. The van der Waals surface area contributed by atoms with Gasteiger partial charge in [-0.15, -0.1) is 0 Å². The van der Waals surface area contributed by atoms with E-state index in [0.29, 0.717) is 31.6 Å². The highest BCUT2D eigenvalue weighted by molar-refractivity contribution is 5.88. The first-order valence-electron chi connectivity index (χ1n) is 7.86. The smallest absolute Gasteiger partial charge is 0.381 e. The zero-order valence-electron chi connectivity index (χ0n) is 13.4. The van der Waals surface area contributed by atoms with Gasteiger partial charge in [0.15, 0.2) is 0 Å². The Kier molecular flexibility index (Phi) is 5.34. The van der Waals surface area contributed by atoms with Crippen LogP contribution in [0.2, 0.25) is 0 Å². The molecule has 1 amide bonds. The number of ether oxygens (including phenoxy) is 1. The first-order valence-corrected chi connectivity index (χ1v) is 7.86. The van der Waals surface area contributed by atoms with Crippen LogP contribution in [0.25, 0.3) is 0 Å². The average molecular weight is 329 g/mol. The second kappa shape index (κ2) is 6.91. The first kappa shape index (κ1) is 17.8. The summed E-state index contributed by atoms with van der Waals surface area (Å²) in [6, 6.07) is 5.08. The van der Waals surface area contributed by atoms with Gasteiger partial charge in [0.25, 0.3) is 0 Å². The minimum atomic E-state index is -4.42. The summed E-state index contributed by atoms with van der Waals surface area (Å²) in [5, 5.41) is 2.92. The van der Waals surface area contributed by atoms with Crippen LogP contribution in [0.3, 0.4) is 0 Å². The molecule has 0 saturated carbocycles. The number of nitrogens with one attached hydrogen (secondary N) is 1. The lowest BCUT2D eigenvalue weighted by Crippen LogP contribution is -2.50. The summed E-state index contributed by atoms with van der Waals surface area (Å²) < 4.78 is 44.3. The molecule has 1 heterocycles. The van der Waals surface area contributed by atoms with Gasteiger partial charge in [-0.2, -0.15) is 13.2 Å². The standard InChI is InChI=1S/C17H22F3NO2/c1-3-12(2)21-15(22)16(7-9-23-10-8-16)13-5-4-6-14(11-13)17(18,19)20/h4-6,11-12H,3,7-10H2,1-2H3,(H,21,22). The van der Waals surface area contributed by atoms with Crippen molar-refractivity contribution in [1.29, 1.82) is 0 Å². The van der Waals surface area contributed by atoms with Crippen molar-refractivity contribution in [3.63, 3.8) is 0 Å². The van der Waals surface area contributed by atoms with Gasteiger partial charge in [-0.05, 0) is 37.8 Å². The molecule has 1 aromatic rings. The lowest BCUT2D eigenvalue weighted by atomic mass is 9.72. The highest BCUT2D eigenvalue weighted by atomic mass is 19.4. The fourth-order valence-electron chi connectivity index (χ4n) is 2.82. The van der Waals surface area contributed by atoms with E-state index in [1.807, 2.05) is 13.8 Å². The summed E-state index contributed by atoms with van der Waals surface area (Å²) in [5.74, 6) is -0.213. The van der Waals surface area contributed by atoms with Crippen molar-refractivity contribution in [2.24, 2.45) is 0 Å². The summed E-state index contributed by atoms with van der Waals surface area (Å²) >= 11 is 0. The van der Waals surface area contributed by atoms with E-state index in [0.717, 1.165) is 18.6 Å². The molecule has 1 aromatic carbocycles. The molecule has 0 radical (unpaired) electrons. The molecule has 128 valence electrons.